The monoisotopic (exact) mass is 254 g/mol. The Morgan fingerprint density at radius 1 is 1.50 bits per heavy atom. The molecule has 0 fully saturated rings. The second-order valence-corrected chi connectivity index (χ2v) is 4.12. The van der Waals surface area contributed by atoms with Gasteiger partial charge in [0.25, 0.3) is 0 Å². The van der Waals surface area contributed by atoms with Crippen LogP contribution >= 0.6 is 0 Å². The van der Waals surface area contributed by atoms with E-state index in [0.29, 0.717) is 18.7 Å². The highest BCUT2D eigenvalue weighted by molar-refractivity contribution is 5.82. The molecule has 100 valence electrons. The summed E-state index contributed by atoms with van der Waals surface area (Å²) in [5, 5.41) is 11.3. The fourth-order valence-corrected chi connectivity index (χ4v) is 1.47. The summed E-state index contributed by atoms with van der Waals surface area (Å²) < 4.78 is 5.35. The van der Waals surface area contributed by atoms with Gasteiger partial charge in [0, 0.05) is 7.05 Å². The molecular formula is C12H18N2O4. The van der Waals surface area contributed by atoms with E-state index in [4.69, 9.17) is 9.52 Å². The molecule has 1 rings (SSSR count). The molecule has 0 aliphatic rings. The molecule has 0 spiro atoms. The Morgan fingerprint density at radius 2 is 2.17 bits per heavy atom. The summed E-state index contributed by atoms with van der Waals surface area (Å²) in [4.78, 5) is 23.9. The third kappa shape index (κ3) is 3.80. The molecule has 0 unspecified atom stereocenters. The lowest BCUT2D eigenvalue weighted by molar-refractivity contribution is -0.139. The Morgan fingerprint density at radius 3 is 2.61 bits per heavy atom. The fraction of sp³-hybridized carbons (Fsp3) is 0.500. The van der Waals surface area contributed by atoms with Crippen LogP contribution in [-0.2, 0) is 11.3 Å². The lowest BCUT2D eigenvalue weighted by Crippen LogP contribution is -2.46. The number of urea groups is 1. The maximum atomic E-state index is 11.7. The molecule has 1 aromatic rings. The van der Waals surface area contributed by atoms with Crippen molar-refractivity contribution in [3.63, 3.8) is 0 Å². The number of nitrogens with zero attached hydrogens (tertiary/aromatic N) is 1. The largest absolute Gasteiger partial charge is 0.480 e. The first kappa shape index (κ1) is 14.1. The van der Waals surface area contributed by atoms with Gasteiger partial charge in [-0.05, 0) is 25.5 Å². The topological polar surface area (TPSA) is 82.8 Å². The molecule has 1 heterocycles. The summed E-state index contributed by atoms with van der Waals surface area (Å²) in [5.41, 5.74) is 0. The van der Waals surface area contributed by atoms with Crippen molar-refractivity contribution in [2.45, 2.75) is 32.9 Å². The number of carboxylic acid groups (broad SMARTS) is 1. The van der Waals surface area contributed by atoms with Gasteiger partial charge in [0.2, 0.25) is 0 Å². The smallest absolute Gasteiger partial charge is 0.326 e. The van der Waals surface area contributed by atoms with Crippen LogP contribution in [0.4, 0.5) is 4.79 Å². The highest BCUT2D eigenvalue weighted by Crippen LogP contribution is 2.08. The zero-order valence-corrected chi connectivity index (χ0v) is 10.8. The second-order valence-electron chi connectivity index (χ2n) is 4.12. The SMILES string of the molecule is CC[C@@H](NC(=O)N(C)Cc1ccc(C)o1)C(=O)O. The zero-order valence-electron chi connectivity index (χ0n) is 10.8. The van der Waals surface area contributed by atoms with Crippen LogP contribution in [0, 0.1) is 6.92 Å². The van der Waals surface area contributed by atoms with Gasteiger partial charge in [-0.1, -0.05) is 6.92 Å². The van der Waals surface area contributed by atoms with E-state index in [1.807, 2.05) is 13.0 Å². The summed E-state index contributed by atoms with van der Waals surface area (Å²) in [5.74, 6) is 0.400. The molecule has 0 radical (unpaired) electrons. The van der Waals surface area contributed by atoms with Crippen molar-refractivity contribution in [2.75, 3.05) is 7.05 Å². The van der Waals surface area contributed by atoms with Crippen molar-refractivity contribution in [3.05, 3.63) is 23.7 Å². The Labute approximate surface area is 106 Å². The maximum Gasteiger partial charge on any atom is 0.326 e. The minimum atomic E-state index is -1.03. The van der Waals surface area contributed by atoms with E-state index in [1.165, 1.54) is 4.90 Å². The molecule has 6 nitrogen and oxygen atoms in total. The molecule has 0 aliphatic heterocycles. The van der Waals surface area contributed by atoms with Crippen molar-refractivity contribution in [2.24, 2.45) is 0 Å². The molecule has 2 N–H and O–H groups in total. The van der Waals surface area contributed by atoms with Crippen LogP contribution in [0.25, 0.3) is 0 Å². The molecule has 0 saturated heterocycles. The average Bonchev–Trinajstić information content (AvgIpc) is 2.70. The van der Waals surface area contributed by atoms with E-state index < -0.39 is 18.0 Å². The van der Waals surface area contributed by atoms with Gasteiger partial charge in [0.15, 0.2) is 0 Å². The van der Waals surface area contributed by atoms with Gasteiger partial charge < -0.3 is 19.7 Å². The number of rotatable bonds is 5. The minimum absolute atomic E-state index is 0.301. The van der Waals surface area contributed by atoms with Gasteiger partial charge in [-0.15, -0.1) is 0 Å². The molecule has 1 aromatic heterocycles. The average molecular weight is 254 g/mol. The first-order valence-corrected chi connectivity index (χ1v) is 5.73. The van der Waals surface area contributed by atoms with Gasteiger partial charge in [-0.3, -0.25) is 0 Å². The van der Waals surface area contributed by atoms with Crippen LogP contribution in [-0.4, -0.2) is 35.1 Å². The predicted octanol–water partition coefficient (Wildman–Crippen LogP) is 1.59. The van der Waals surface area contributed by atoms with Crippen molar-refractivity contribution in [1.29, 1.82) is 0 Å². The van der Waals surface area contributed by atoms with Crippen molar-refractivity contribution >= 4 is 12.0 Å². The van der Waals surface area contributed by atoms with Crippen LogP contribution in [0.15, 0.2) is 16.5 Å². The van der Waals surface area contributed by atoms with Crippen molar-refractivity contribution < 1.29 is 19.1 Å². The van der Waals surface area contributed by atoms with E-state index in [9.17, 15) is 9.59 Å². The zero-order chi connectivity index (χ0) is 13.7. The first-order valence-electron chi connectivity index (χ1n) is 5.73. The van der Waals surface area contributed by atoms with Crippen LogP contribution in [0.2, 0.25) is 0 Å². The van der Waals surface area contributed by atoms with Crippen molar-refractivity contribution in [1.82, 2.24) is 10.2 Å². The highest BCUT2D eigenvalue weighted by Gasteiger charge is 2.20. The quantitative estimate of drug-likeness (QED) is 0.836. The molecule has 0 aromatic carbocycles. The molecule has 1 atom stereocenters. The predicted molar refractivity (Wildman–Crippen MR) is 65.2 cm³/mol. The van der Waals surface area contributed by atoms with Gasteiger partial charge in [-0.2, -0.15) is 0 Å². The lowest BCUT2D eigenvalue weighted by atomic mass is 10.2. The van der Waals surface area contributed by atoms with Crippen LogP contribution in [0.5, 0.6) is 0 Å². The number of carboxylic acids is 1. The van der Waals surface area contributed by atoms with E-state index in [2.05, 4.69) is 5.32 Å². The maximum absolute atomic E-state index is 11.7. The number of aryl methyl sites for hydroxylation is 1. The van der Waals surface area contributed by atoms with Gasteiger partial charge in [0.05, 0.1) is 6.54 Å². The second kappa shape index (κ2) is 6.09. The number of nitrogens with one attached hydrogen (secondary N) is 1. The fourth-order valence-electron chi connectivity index (χ4n) is 1.47. The Balaban J connectivity index is 2.53. The van der Waals surface area contributed by atoms with E-state index >= 15 is 0 Å². The number of hydrogen-bond donors (Lipinski definition) is 2. The number of furan rings is 1. The summed E-state index contributed by atoms with van der Waals surface area (Å²) >= 11 is 0. The Hall–Kier alpha value is -1.98. The molecule has 2 amide bonds. The van der Waals surface area contributed by atoms with Crippen LogP contribution < -0.4 is 5.32 Å². The number of hydrogen-bond acceptors (Lipinski definition) is 3. The Bertz CT molecular complexity index is 427. The molecule has 0 saturated carbocycles. The summed E-state index contributed by atoms with van der Waals surface area (Å²) in [7, 11) is 1.59. The highest BCUT2D eigenvalue weighted by atomic mass is 16.4. The van der Waals surface area contributed by atoms with Gasteiger partial charge >= 0.3 is 12.0 Å². The molecule has 0 aliphatic carbocycles. The van der Waals surface area contributed by atoms with E-state index in [1.54, 1.807) is 20.0 Å². The molecular weight excluding hydrogens is 236 g/mol. The minimum Gasteiger partial charge on any atom is -0.480 e. The van der Waals surface area contributed by atoms with Crippen LogP contribution in [0.1, 0.15) is 24.9 Å². The third-order valence-electron chi connectivity index (χ3n) is 2.54. The van der Waals surface area contributed by atoms with Crippen LogP contribution in [0.3, 0.4) is 0 Å². The summed E-state index contributed by atoms with van der Waals surface area (Å²) in [6.07, 6.45) is 0.342. The standard InChI is InChI=1S/C12H18N2O4/c1-4-10(11(15)16)13-12(17)14(3)7-9-6-5-8(2)18-9/h5-6,10H,4,7H2,1-3H3,(H,13,17)(H,15,16)/t10-/m1/s1. The molecule has 0 bridgehead atoms. The first-order chi connectivity index (χ1) is 8.43. The Kier molecular flexibility index (Phi) is 4.76. The lowest BCUT2D eigenvalue weighted by Gasteiger charge is -2.19. The number of aliphatic carboxylic acids is 1. The van der Waals surface area contributed by atoms with E-state index in [-0.39, 0.29) is 0 Å². The third-order valence-corrected chi connectivity index (χ3v) is 2.54. The van der Waals surface area contributed by atoms with Crippen molar-refractivity contribution in [3.8, 4) is 0 Å². The van der Waals surface area contributed by atoms with E-state index in [0.717, 1.165) is 5.76 Å². The molecule has 6 heteroatoms. The number of carbonyl (C=O) groups is 2. The number of carbonyl (C=O) groups excluding carboxylic acids is 1. The van der Waals surface area contributed by atoms with Gasteiger partial charge in [0.1, 0.15) is 17.6 Å². The summed E-state index contributed by atoms with van der Waals surface area (Å²) in [6, 6.07) is 2.30. The summed E-state index contributed by atoms with van der Waals surface area (Å²) in [6.45, 7) is 3.83. The number of amides is 2. The normalized spacial score (nSPS) is 11.9. The molecule has 18 heavy (non-hydrogen) atoms. The van der Waals surface area contributed by atoms with Gasteiger partial charge in [-0.25, -0.2) is 9.59 Å².